The van der Waals surface area contributed by atoms with E-state index in [1.165, 1.54) is 19.3 Å². The number of thiazole rings is 1. The van der Waals surface area contributed by atoms with E-state index in [1.54, 1.807) is 11.3 Å². The first-order valence-electron chi connectivity index (χ1n) is 8.44. The second-order valence-electron chi connectivity index (χ2n) is 6.22. The van der Waals surface area contributed by atoms with Crippen molar-refractivity contribution in [3.8, 4) is 0 Å². The monoisotopic (exact) mass is 322 g/mol. The third-order valence-electron chi connectivity index (χ3n) is 4.84. The molecule has 0 N–H and O–H groups in total. The maximum absolute atomic E-state index is 12.6. The average molecular weight is 322 g/mol. The van der Waals surface area contributed by atoms with E-state index in [0.29, 0.717) is 18.5 Å². The van der Waals surface area contributed by atoms with Crippen molar-refractivity contribution in [2.45, 2.75) is 38.6 Å². The topological polar surface area (TPSA) is 39.7 Å². The second kappa shape index (κ2) is 7.42. The van der Waals surface area contributed by atoms with Crippen LogP contribution in [0.5, 0.6) is 0 Å². The minimum Gasteiger partial charge on any atom is -0.346 e. The molecule has 1 aromatic rings. The molecule has 2 fully saturated rings. The van der Waals surface area contributed by atoms with Gasteiger partial charge in [0.15, 0.2) is 5.13 Å². The van der Waals surface area contributed by atoms with Crippen LogP contribution in [0.15, 0.2) is 11.6 Å². The summed E-state index contributed by atoms with van der Waals surface area (Å²) in [6.07, 6.45) is 6.57. The van der Waals surface area contributed by atoms with Crippen molar-refractivity contribution in [2.75, 3.05) is 44.2 Å². The Hall–Kier alpha value is -1.14. The highest BCUT2D eigenvalue weighted by Gasteiger charge is 2.27. The second-order valence-corrected chi connectivity index (χ2v) is 7.10. The molecule has 0 aliphatic carbocycles. The highest BCUT2D eigenvalue weighted by molar-refractivity contribution is 7.13. The Labute approximate surface area is 136 Å². The van der Waals surface area contributed by atoms with Gasteiger partial charge in [-0.05, 0) is 25.7 Å². The fourth-order valence-electron chi connectivity index (χ4n) is 3.50. The molecule has 22 heavy (non-hydrogen) atoms. The van der Waals surface area contributed by atoms with Crippen molar-refractivity contribution >= 4 is 22.4 Å². The van der Waals surface area contributed by atoms with Crippen molar-refractivity contribution in [1.82, 2.24) is 14.8 Å². The summed E-state index contributed by atoms with van der Waals surface area (Å²) in [6.45, 7) is 7.59. The summed E-state index contributed by atoms with van der Waals surface area (Å²) in [5, 5.41) is 3.12. The van der Waals surface area contributed by atoms with Crippen molar-refractivity contribution in [2.24, 2.45) is 0 Å². The molecule has 2 saturated heterocycles. The molecular formula is C16H26N4OS. The Bertz CT molecular complexity index is 471. The number of anilines is 1. The van der Waals surface area contributed by atoms with E-state index in [0.717, 1.165) is 44.3 Å². The predicted octanol–water partition coefficient (Wildman–Crippen LogP) is 2.06. The van der Waals surface area contributed by atoms with E-state index in [9.17, 15) is 4.79 Å². The fraction of sp³-hybridized carbons (Fsp3) is 0.750. The molecule has 0 spiro atoms. The molecule has 1 unspecified atom stereocenters. The van der Waals surface area contributed by atoms with Gasteiger partial charge in [0.2, 0.25) is 5.91 Å². The molecule has 3 rings (SSSR count). The number of hydrogen-bond donors (Lipinski definition) is 0. The van der Waals surface area contributed by atoms with Gasteiger partial charge >= 0.3 is 0 Å². The maximum Gasteiger partial charge on any atom is 0.236 e. The van der Waals surface area contributed by atoms with Crippen LogP contribution in [0.4, 0.5) is 5.13 Å². The first-order valence-corrected chi connectivity index (χ1v) is 9.32. The molecule has 2 aliphatic heterocycles. The van der Waals surface area contributed by atoms with E-state index in [4.69, 9.17) is 0 Å². The molecule has 0 bridgehead atoms. The van der Waals surface area contributed by atoms with Gasteiger partial charge in [-0.15, -0.1) is 11.3 Å². The number of rotatable bonds is 4. The third kappa shape index (κ3) is 3.60. The molecular weight excluding hydrogens is 296 g/mol. The lowest BCUT2D eigenvalue weighted by molar-refractivity contribution is -0.136. The standard InChI is InChI=1S/C16H26N4OS/c1-2-14-5-3-4-7-20(14)15(21)13-18-8-10-19(11-9-18)16-17-6-12-22-16/h6,12,14H,2-5,7-11,13H2,1H3. The van der Waals surface area contributed by atoms with Gasteiger partial charge in [-0.2, -0.15) is 0 Å². The quantitative estimate of drug-likeness (QED) is 0.851. The number of piperazine rings is 1. The van der Waals surface area contributed by atoms with E-state index in [-0.39, 0.29) is 0 Å². The Kier molecular flexibility index (Phi) is 5.31. The van der Waals surface area contributed by atoms with Gasteiger partial charge in [0, 0.05) is 50.3 Å². The molecule has 0 aromatic carbocycles. The largest absolute Gasteiger partial charge is 0.346 e. The average Bonchev–Trinajstić information content (AvgIpc) is 3.10. The molecule has 1 amide bonds. The summed E-state index contributed by atoms with van der Waals surface area (Å²) in [4.78, 5) is 23.7. The van der Waals surface area contributed by atoms with E-state index < -0.39 is 0 Å². The summed E-state index contributed by atoms with van der Waals surface area (Å²) in [5.41, 5.74) is 0. The summed E-state index contributed by atoms with van der Waals surface area (Å²) < 4.78 is 0. The number of hydrogen-bond acceptors (Lipinski definition) is 5. The van der Waals surface area contributed by atoms with E-state index >= 15 is 0 Å². The number of aromatic nitrogens is 1. The Morgan fingerprint density at radius 3 is 2.77 bits per heavy atom. The van der Waals surface area contributed by atoms with E-state index in [2.05, 4.69) is 26.6 Å². The number of carbonyl (C=O) groups is 1. The number of nitrogens with zero attached hydrogens (tertiary/aromatic N) is 4. The highest BCUT2D eigenvalue weighted by Crippen LogP contribution is 2.21. The zero-order valence-electron chi connectivity index (χ0n) is 13.4. The first-order chi connectivity index (χ1) is 10.8. The summed E-state index contributed by atoms with van der Waals surface area (Å²) in [7, 11) is 0. The molecule has 5 nitrogen and oxygen atoms in total. The molecule has 0 saturated carbocycles. The smallest absolute Gasteiger partial charge is 0.236 e. The van der Waals surface area contributed by atoms with Gasteiger partial charge in [0.25, 0.3) is 0 Å². The van der Waals surface area contributed by atoms with Crippen molar-refractivity contribution in [3.05, 3.63) is 11.6 Å². The Morgan fingerprint density at radius 2 is 2.09 bits per heavy atom. The van der Waals surface area contributed by atoms with Gasteiger partial charge in [0.05, 0.1) is 6.54 Å². The predicted molar refractivity (Wildman–Crippen MR) is 90.4 cm³/mol. The number of amides is 1. The first kappa shape index (κ1) is 15.7. The SMILES string of the molecule is CCC1CCCCN1C(=O)CN1CCN(c2nccs2)CC1. The van der Waals surface area contributed by atoms with Crippen LogP contribution in [0.2, 0.25) is 0 Å². The number of piperidine rings is 1. The minimum absolute atomic E-state index is 0.328. The Morgan fingerprint density at radius 1 is 1.27 bits per heavy atom. The zero-order chi connectivity index (χ0) is 15.4. The van der Waals surface area contributed by atoms with Gasteiger partial charge in [-0.3, -0.25) is 9.69 Å². The fourth-order valence-corrected chi connectivity index (χ4v) is 4.20. The van der Waals surface area contributed by atoms with Crippen LogP contribution in [0.25, 0.3) is 0 Å². The van der Waals surface area contributed by atoms with Crippen LogP contribution < -0.4 is 4.90 Å². The molecule has 122 valence electrons. The number of likely N-dealkylation sites (tertiary alicyclic amines) is 1. The molecule has 1 atom stereocenters. The molecule has 0 radical (unpaired) electrons. The van der Waals surface area contributed by atoms with Gasteiger partial charge in [-0.1, -0.05) is 6.92 Å². The molecule has 3 heterocycles. The summed E-state index contributed by atoms with van der Waals surface area (Å²) in [6, 6.07) is 0.470. The third-order valence-corrected chi connectivity index (χ3v) is 5.67. The minimum atomic E-state index is 0.328. The van der Waals surface area contributed by atoms with Crippen LogP contribution in [-0.4, -0.2) is 66.0 Å². The van der Waals surface area contributed by atoms with Crippen LogP contribution in [0.3, 0.4) is 0 Å². The zero-order valence-corrected chi connectivity index (χ0v) is 14.2. The van der Waals surface area contributed by atoms with Crippen LogP contribution in [-0.2, 0) is 4.79 Å². The summed E-state index contributed by atoms with van der Waals surface area (Å²) >= 11 is 1.69. The summed E-state index contributed by atoms with van der Waals surface area (Å²) in [5.74, 6) is 0.328. The molecule has 1 aromatic heterocycles. The maximum atomic E-state index is 12.6. The lowest BCUT2D eigenvalue weighted by Gasteiger charge is -2.38. The van der Waals surface area contributed by atoms with Crippen molar-refractivity contribution in [3.63, 3.8) is 0 Å². The van der Waals surface area contributed by atoms with Gasteiger partial charge in [-0.25, -0.2) is 4.98 Å². The molecule has 6 heteroatoms. The Balaban J connectivity index is 1.48. The van der Waals surface area contributed by atoms with Crippen LogP contribution in [0.1, 0.15) is 32.6 Å². The van der Waals surface area contributed by atoms with Gasteiger partial charge < -0.3 is 9.80 Å². The lowest BCUT2D eigenvalue weighted by atomic mass is 10.00. The van der Waals surface area contributed by atoms with E-state index in [1.807, 2.05) is 11.6 Å². The van der Waals surface area contributed by atoms with Gasteiger partial charge in [0.1, 0.15) is 0 Å². The molecule has 2 aliphatic rings. The van der Waals surface area contributed by atoms with Crippen LogP contribution >= 0.6 is 11.3 Å². The van der Waals surface area contributed by atoms with Crippen LogP contribution in [0, 0.1) is 0 Å². The van der Waals surface area contributed by atoms with Crippen molar-refractivity contribution in [1.29, 1.82) is 0 Å². The number of carbonyl (C=O) groups excluding carboxylic acids is 1. The lowest BCUT2D eigenvalue weighted by Crippen LogP contribution is -2.52. The highest BCUT2D eigenvalue weighted by atomic mass is 32.1. The van der Waals surface area contributed by atoms with Crippen molar-refractivity contribution < 1.29 is 4.79 Å². The normalized spacial score (nSPS) is 23.8.